The van der Waals surface area contributed by atoms with E-state index in [4.69, 9.17) is 5.11 Å². The summed E-state index contributed by atoms with van der Waals surface area (Å²) >= 11 is 0. The highest BCUT2D eigenvalue weighted by molar-refractivity contribution is 6.00. The van der Waals surface area contributed by atoms with Gasteiger partial charge in [-0.3, -0.25) is 4.79 Å². The molecule has 0 atom stereocenters. The molecule has 1 heterocycles. The zero-order chi connectivity index (χ0) is 11.9. The third kappa shape index (κ3) is 1.57. The van der Waals surface area contributed by atoms with Gasteiger partial charge in [-0.15, -0.1) is 0 Å². The van der Waals surface area contributed by atoms with Gasteiger partial charge in [-0.25, -0.2) is 0 Å². The van der Waals surface area contributed by atoms with E-state index in [9.17, 15) is 13.6 Å². The molecule has 1 amide bonds. The van der Waals surface area contributed by atoms with Gasteiger partial charge in [-0.05, 0) is 17.7 Å². The highest BCUT2D eigenvalue weighted by atomic mass is 19.3. The molecule has 0 radical (unpaired) electrons. The standard InChI is InChI=1S/C11H11F2NO2/c1-14-9-3-2-8(11(12,13)6-15)4-7(9)5-10(14)16/h2-4,15H,5-6H2,1H3. The van der Waals surface area contributed by atoms with E-state index in [-0.39, 0.29) is 17.9 Å². The quantitative estimate of drug-likeness (QED) is 0.827. The van der Waals surface area contributed by atoms with Gasteiger partial charge in [-0.1, -0.05) is 6.07 Å². The first kappa shape index (κ1) is 11.0. The Bertz CT molecular complexity index is 446. The Morgan fingerprint density at radius 3 is 2.81 bits per heavy atom. The van der Waals surface area contributed by atoms with Crippen molar-refractivity contribution >= 4 is 11.6 Å². The Morgan fingerprint density at radius 1 is 1.50 bits per heavy atom. The van der Waals surface area contributed by atoms with E-state index in [1.807, 2.05) is 0 Å². The fourth-order valence-corrected chi connectivity index (χ4v) is 1.79. The molecule has 1 N–H and O–H groups in total. The average molecular weight is 227 g/mol. The molecule has 5 heteroatoms. The molecule has 1 aliphatic heterocycles. The predicted octanol–water partition coefficient (Wildman–Crippen LogP) is 1.29. The monoisotopic (exact) mass is 227 g/mol. The van der Waals surface area contributed by atoms with Crippen LogP contribution in [0.3, 0.4) is 0 Å². The van der Waals surface area contributed by atoms with Crippen LogP contribution in [0.1, 0.15) is 11.1 Å². The molecule has 16 heavy (non-hydrogen) atoms. The number of benzene rings is 1. The van der Waals surface area contributed by atoms with Gasteiger partial charge in [0.05, 0.1) is 6.42 Å². The van der Waals surface area contributed by atoms with Crippen LogP contribution in [0.25, 0.3) is 0 Å². The molecule has 0 saturated heterocycles. The average Bonchev–Trinajstić information content (AvgIpc) is 2.54. The molecule has 86 valence electrons. The maximum absolute atomic E-state index is 13.2. The topological polar surface area (TPSA) is 40.5 Å². The number of hydrogen-bond donors (Lipinski definition) is 1. The van der Waals surface area contributed by atoms with Crippen molar-refractivity contribution in [2.45, 2.75) is 12.3 Å². The van der Waals surface area contributed by atoms with Crippen molar-refractivity contribution in [3.8, 4) is 0 Å². The van der Waals surface area contributed by atoms with Crippen LogP contribution >= 0.6 is 0 Å². The Balaban J connectivity index is 2.43. The maximum atomic E-state index is 13.2. The minimum Gasteiger partial charge on any atom is -0.390 e. The van der Waals surface area contributed by atoms with Crippen LogP contribution in [-0.4, -0.2) is 24.7 Å². The lowest BCUT2D eigenvalue weighted by molar-refractivity contribution is -0.117. The van der Waals surface area contributed by atoms with E-state index in [0.29, 0.717) is 11.3 Å². The smallest absolute Gasteiger partial charge is 0.295 e. The largest absolute Gasteiger partial charge is 0.390 e. The fourth-order valence-electron chi connectivity index (χ4n) is 1.79. The Hall–Kier alpha value is -1.49. The Morgan fingerprint density at radius 2 is 2.19 bits per heavy atom. The number of rotatable bonds is 2. The summed E-state index contributed by atoms with van der Waals surface area (Å²) in [6.07, 6.45) is 0.140. The summed E-state index contributed by atoms with van der Waals surface area (Å²) in [5.41, 5.74) is 0.984. The molecule has 0 unspecified atom stereocenters. The first-order chi connectivity index (χ1) is 7.45. The van der Waals surface area contributed by atoms with Crippen molar-refractivity contribution in [1.29, 1.82) is 0 Å². The van der Waals surface area contributed by atoms with Gasteiger partial charge in [0.25, 0.3) is 5.92 Å². The molecule has 0 aromatic heterocycles. The second-order valence-electron chi connectivity index (χ2n) is 3.84. The van der Waals surface area contributed by atoms with Crippen LogP contribution < -0.4 is 4.90 Å². The van der Waals surface area contributed by atoms with Crippen LogP contribution in [0.5, 0.6) is 0 Å². The van der Waals surface area contributed by atoms with E-state index in [0.717, 1.165) is 0 Å². The second-order valence-corrected chi connectivity index (χ2v) is 3.84. The van der Waals surface area contributed by atoms with E-state index < -0.39 is 12.5 Å². The molecule has 2 rings (SSSR count). The third-order valence-electron chi connectivity index (χ3n) is 2.78. The predicted molar refractivity (Wildman–Crippen MR) is 54.5 cm³/mol. The minimum atomic E-state index is -3.25. The van der Waals surface area contributed by atoms with Crippen molar-refractivity contribution in [2.24, 2.45) is 0 Å². The van der Waals surface area contributed by atoms with Gasteiger partial charge in [0.1, 0.15) is 6.61 Å². The summed E-state index contributed by atoms with van der Waals surface area (Å²) in [4.78, 5) is 12.8. The van der Waals surface area contributed by atoms with Crippen molar-refractivity contribution in [3.63, 3.8) is 0 Å². The van der Waals surface area contributed by atoms with Crippen molar-refractivity contribution in [3.05, 3.63) is 29.3 Å². The summed E-state index contributed by atoms with van der Waals surface area (Å²) in [5, 5.41) is 8.57. The van der Waals surface area contributed by atoms with Crippen molar-refractivity contribution in [2.75, 3.05) is 18.6 Å². The Kier molecular flexibility index (Phi) is 2.42. The summed E-state index contributed by atoms with van der Waals surface area (Å²) < 4.78 is 26.4. The van der Waals surface area contributed by atoms with Gasteiger partial charge in [0.15, 0.2) is 0 Å². The SMILES string of the molecule is CN1C(=O)Cc2cc(C(F)(F)CO)ccc21. The number of alkyl halides is 2. The highest BCUT2D eigenvalue weighted by Crippen LogP contribution is 2.34. The normalized spacial score (nSPS) is 15.5. The molecule has 1 aliphatic rings. The molecule has 3 nitrogen and oxygen atoms in total. The number of carbonyl (C=O) groups excluding carboxylic acids is 1. The van der Waals surface area contributed by atoms with Gasteiger partial charge < -0.3 is 10.0 Å². The minimum absolute atomic E-state index is 0.112. The third-order valence-corrected chi connectivity index (χ3v) is 2.78. The van der Waals surface area contributed by atoms with Crippen LogP contribution in [0.15, 0.2) is 18.2 Å². The number of nitrogens with zero attached hydrogens (tertiary/aromatic N) is 1. The summed E-state index contributed by atoms with van der Waals surface area (Å²) in [6, 6.07) is 4.01. The van der Waals surface area contributed by atoms with Gasteiger partial charge in [0, 0.05) is 18.3 Å². The lowest BCUT2D eigenvalue weighted by Gasteiger charge is -2.15. The van der Waals surface area contributed by atoms with Crippen LogP contribution in [0.4, 0.5) is 14.5 Å². The number of hydrogen-bond acceptors (Lipinski definition) is 2. The summed E-state index contributed by atoms with van der Waals surface area (Å²) in [7, 11) is 1.61. The Labute approximate surface area is 91.3 Å². The number of carbonyl (C=O) groups is 1. The highest BCUT2D eigenvalue weighted by Gasteiger charge is 2.33. The summed E-state index contributed by atoms with van der Waals surface area (Å²) in [5.74, 6) is -3.36. The van der Waals surface area contributed by atoms with E-state index >= 15 is 0 Å². The number of likely N-dealkylation sites (N-methyl/N-ethyl adjacent to an activating group) is 1. The van der Waals surface area contributed by atoms with Crippen molar-refractivity contribution < 1.29 is 18.7 Å². The number of anilines is 1. The number of aliphatic hydroxyl groups is 1. The van der Waals surface area contributed by atoms with E-state index in [1.54, 1.807) is 7.05 Å². The van der Waals surface area contributed by atoms with Crippen LogP contribution in [0, 0.1) is 0 Å². The molecule has 0 bridgehead atoms. The molecule has 1 aromatic rings. The molecule has 0 saturated carbocycles. The molecular formula is C11H11F2NO2. The maximum Gasteiger partial charge on any atom is 0.295 e. The first-order valence-corrected chi connectivity index (χ1v) is 4.84. The molecule has 0 fully saturated rings. The number of amides is 1. The van der Waals surface area contributed by atoms with Crippen LogP contribution in [-0.2, 0) is 17.1 Å². The van der Waals surface area contributed by atoms with Gasteiger partial charge >= 0.3 is 0 Å². The lowest BCUT2D eigenvalue weighted by Crippen LogP contribution is -2.20. The molecule has 1 aromatic carbocycles. The van der Waals surface area contributed by atoms with E-state index in [1.165, 1.54) is 23.1 Å². The zero-order valence-electron chi connectivity index (χ0n) is 8.70. The zero-order valence-corrected chi connectivity index (χ0v) is 8.70. The number of aliphatic hydroxyl groups excluding tert-OH is 1. The van der Waals surface area contributed by atoms with Gasteiger partial charge in [0.2, 0.25) is 5.91 Å². The van der Waals surface area contributed by atoms with Gasteiger partial charge in [-0.2, -0.15) is 8.78 Å². The second kappa shape index (κ2) is 3.52. The first-order valence-electron chi connectivity index (χ1n) is 4.84. The fraction of sp³-hybridized carbons (Fsp3) is 0.364. The molecule has 0 aliphatic carbocycles. The van der Waals surface area contributed by atoms with Crippen LogP contribution in [0.2, 0.25) is 0 Å². The molecular weight excluding hydrogens is 216 g/mol. The summed E-state index contributed by atoms with van der Waals surface area (Å²) in [6.45, 7) is -1.23. The van der Waals surface area contributed by atoms with E-state index in [2.05, 4.69) is 0 Å². The molecule has 0 spiro atoms. The van der Waals surface area contributed by atoms with Crippen molar-refractivity contribution in [1.82, 2.24) is 0 Å². The lowest BCUT2D eigenvalue weighted by atomic mass is 10.0. The number of fused-ring (bicyclic) bond motifs is 1. The number of halogens is 2.